The normalized spacial score (nSPS) is 22.2. The van der Waals surface area contributed by atoms with Crippen molar-refractivity contribution < 1.29 is 0 Å². The fourth-order valence-electron chi connectivity index (χ4n) is 2.75. The Kier molecular flexibility index (Phi) is 2.94. The van der Waals surface area contributed by atoms with E-state index in [9.17, 15) is 0 Å². The SMILES string of the molecule is CC1(C)CC1n1cncc1[C@H](N)Cc1ccccc1. The average molecular weight is 255 g/mol. The Bertz CT molecular complexity index is 556. The lowest BCUT2D eigenvalue weighted by atomic mass is 10.0. The molecule has 19 heavy (non-hydrogen) atoms. The Hall–Kier alpha value is -1.61. The van der Waals surface area contributed by atoms with Gasteiger partial charge in [0.15, 0.2) is 0 Å². The molecule has 1 fully saturated rings. The molecular weight excluding hydrogens is 234 g/mol. The second-order valence-electron chi connectivity index (χ2n) is 6.23. The summed E-state index contributed by atoms with van der Waals surface area (Å²) >= 11 is 0. The predicted octanol–water partition coefficient (Wildman–Crippen LogP) is 3.10. The zero-order valence-electron chi connectivity index (χ0n) is 11.6. The first-order chi connectivity index (χ1) is 9.08. The summed E-state index contributed by atoms with van der Waals surface area (Å²) in [5.41, 5.74) is 9.18. The largest absolute Gasteiger partial charge is 0.329 e. The van der Waals surface area contributed by atoms with E-state index < -0.39 is 0 Å². The molecule has 0 amide bonds. The summed E-state index contributed by atoms with van der Waals surface area (Å²) < 4.78 is 2.27. The second kappa shape index (κ2) is 4.49. The number of aromatic nitrogens is 2. The number of hydrogen-bond donors (Lipinski definition) is 1. The molecule has 0 spiro atoms. The van der Waals surface area contributed by atoms with Crippen LogP contribution in [0.5, 0.6) is 0 Å². The highest BCUT2D eigenvalue weighted by molar-refractivity contribution is 5.20. The summed E-state index contributed by atoms with van der Waals surface area (Å²) in [7, 11) is 0. The molecule has 1 aromatic heterocycles. The van der Waals surface area contributed by atoms with E-state index in [-0.39, 0.29) is 6.04 Å². The van der Waals surface area contributed by atoms with Crippen LogP contribution in [-0.2, 0) is 6.42 Å². The van der Waals surface area contributed by atoms with Gasteiger partial charge in [0.05, 0.1) is 18.1 Å². The number of rotatable bonds is 4. The van der Waals surface area contributed by atoms with Crippen molar-refractivity contribution in [3.63, 3.8) is 0 Å². The van der Waals surface area contributed by atoms with Crippen molar-refractivity contribution in [3.8, 4) is 0 Å². The maximum absolute atomic E-state index is 6.37. The quantitative estimate of drug-likeness (QED) is 0.912. The average Bonchev–Trinajstić information content (AvgIpc) is 2.83. The van der Waals surface area contributed by atoms with Crippen LogP contribution in [-0.4, -0.2) is 9.55 Å². The fraction of sp³-hybridized carbons (Fsp3) is 0.438. The molecule has 0 aliphatic heterocycles. The molecule has 3 rings (SSSR count). The van der Waals surface area contributed by atoms with E-state index in [1.165, 1.54) is 12.0 Å². The van der Waals surface area contributed by atoms with Crippen molar-refractivity contribution >= 4 is 0 Å². The molecule has 1 saturated carbocycles. The van der Waals surface area contributed by atoms with Crippen molar-refractivity contribution in [1.82, 2.24) is 9.55 Å². The third-order valence-electron chi connectivity index (χ3n) is 4.17. The molecule has 1 unspecified atom stereocenters. The van der Waals surface area contributed by atoms with Crippen LogP contribution in [0.4, 0.5) is 0 Å². The highest BCUT2D eigenvalue weighted by Crippen LogP contribution is 2.56. The van der Waals surface area contributed by atoms with Crippen LogP contribution in [0, 0.1) is 5.41 Å². The molecule has 2 atom stereocenters. The molecule has 1 aliphatic rings. The molecule has 0 radical (unpaired) electrons. The molecule has 0 bridgehead atoms. The Morgan fingerprint density at radius 3 is 2.68 bits per heavy atom. The van der Waals surface area contributed by atoms with Gasteiger partial charge in [-0.25, -0.2) is 4.98 Å². The zero-order valence-corrected chi connectivity index (χ0v) is 11.6. The highest BCUT2D eigenvalue weighted by Gasteiger charge is 2.47. The second-order valence-corrected chi connectivity index (χ2v) is 6.23. The van der Waals surface area contributed by atoms with E-state index in [0.29, 0.717) is 11.5 Å². The summed E-state index contributed by atoms with van der Waals surface area (Å²) in [6.45, 7) is 4.59. The first-order valence-corrected chi connectivity index (χ1v) is 6.89. The third kappa shape index (κ3) is 2.43. The van der Waals surface area contributed by atoms with Crippen LogP contribution in [0.1, 0.15) is 43.6 Å². The number of benzene rings is 1. The van der Waals surface area contributed by atoms with Gasteiger partial charge in [-0.1, -0.05) is 44.2 Å². The molecule has 3 nitrogen and oxygen atoms in total. The Labute approximate surface area is 114 Å². The number of nitrogens with two attached hydrogens (primary N) is 1. The first kappa shape index (κ1) is 12.4. The molecule has 1 heterocycles. The van der Waals surface area contributed by atoms with Crippen molar-refractivity contribution in [1.29, 1.82) is 0 Å². The van der Waals surface area contributed by atoms with Gasteiger partial charge in [0, 0.05) is 12.2 Å². The third-order valence-corrected chi connectivity index (χ3v) is 4.17. The van der Waals surface area contributed by atoms with E-state index in [4.69, 9.17) is 5.73 Å². The Balaban J connectivity index is 1.78. The maximum atomic E-state index is 6.37. The van der Waals surface area contributed by atoms with Gasteiger partial charge in [0.1, 0.15) is 0 Å². The summed E-state index contributed by atoms with van der Waals surface area (Å²) in [5.74, 6) is 0. The Morgan fingerprint density at radius 1 is 1.37 bits per heavy atom. The fourth-order valence-corrected chi connectivity index (χ4v) is 2.75. The number of nitrogens with zero attached hydrogens (tertiary/aromatic N) is 2. The minimum Gasteiger partial charge on any atom is -0.329 e. The van der Waals surface area contributed by atoms with E-state index in [0.717, 1.165) is 12.1 Å². The molecule has 1 aromatic carbocycles. The topological polar surface area (TPSA) is 43.8 Å². The van der Waals surface area contributed by atoms with Crippen LogP contribution in [0.3, 0.4) is 0 Å². The molecule has 2 aromatic rings. The maximum Gasteiger partial charge on any atom is 0.0951 e. The van der Waals surface area contributed by atoms with Crippen LogP contribution in [0.15, 0.2) is 42.9 Å². The van der Waals surface area contributed by atoms with Crippen LogP contribution < -0.4 is 5.73 Å². The van der Waals surface area contributed by atoms with Gasteiger partial charge in [0.25, 0.3) is 0 Å². The summed E-state index contributed by atoms with van der Waals surface area (Å²) in [5, 5.41) is 0. The molecule has 0 saturated heterocycles. The standard InChI is InChI=1S/C16H21N3/c1-16(2)9-15(16)19-11-18-10-14(19)13(17)8-12-6-4-3-5-7-12/h3-7,10-11,13,15H,8-9,17H2,1-2H3/t13-,15?/m1/s1. The van der Waals surface area contributed by atoms with Gasteiger partial charge >= 0.3 is 0 Å². The molecule has 1 aliphatic carbocycles. The summed E-state index contributed by atoms with van der Waals surface area (Å²) in [4.78, 5) is 4.29. The van der Waals surface area contributed by atoms with Crippen molar-refractivity contribution in [2.45, 2.75) is 38.8 Å². The lowest BCUT2D eigenvalue weighted by molar-refractivity contribution is 0.513. The number of hydrogen-bond acceptors (Lipinski definition) is 2. The van der Waals surface area contributed by atoms with Gasteiger partial charge in [-0.05, 0) is 23.8 Å². The lowest BCUT2D eigenvalue weighted by Gasteiger charge is -2.16. The summed E-state index contributed by atoms with van der Waals surface area (Å²) in [6, 6.07) is 11.0. The zero-order chi connectivity index (χ0) is 13.5. The van der Waals surface area contributed by atoms with Crippen LogP contribution in [0.25, 0.3) is 0 Å². The van der Waals surface area contributed by atoms with Crippen molar-refractivity contribution in [3.05, 3.63) is 54.1 Å². The van der Waals surface area contributed by atoms with Crippen LogP contribution >= 0.6 is 0 Å². The van der Waals surface area contributed by atoms with Crippen molar-refractivity contribution in [2.24, 2.45) is 11.1 Å². The predicted molar refractivity (Wildman–Crippen MR) is 76.7 cm³/mol. The first-order valence-electron chi connectivity index (χ1n) is 6.89. The summed E-state index contributed by atoms with van der Waals surface area (Å²) in [6.07, 6.45) is 5.93. The van der Waals surface area contributed by atoms with Gasteiger partial charge in [0.2, 0.25) is 0 Å². The van der Waals surface area contributed by atoms with E-state index >= 15 is 0 Å². The minimum absolute atomic E-state index is 0.0151. The Morgan fingerprint density at radius 2 is 2.05 bits per heavy atom. The minimum atomic E-state index is 0.0151. The van der Waals surface area contributed by atoms with E-state index in [1.54, 1.807) is 0 Å². The smallest absolute Gasteiger partial charge is 0.0951 e. The van der Waals surface area contributed by atoms with Crippen LogP contribution in [0.2, 0.25) is 0 Å². The molecule has 100 valence electrons. The van der Waals surface area contributed by atoms with Gasteiger partial charge in [-0.3, -0.25) is 0 Å². The van der Waals surface area contributed by atoms with E-state index in [2.05, 4.69) is 47.7 Å². The highest BCUT2D eigenvalue weighted by atomic mass is 15.1. The monoisotopic (exact) mass is 255 g/mol. The van der Waals surface area contributed by atoms with Gasteiger partial charge < -0.3 is 10.3 Å². The van der Waals surface area contributed by atoms with Gasteiger partial charge in [-0.15, -0.1) is 0 Å². The van der Waals surface area contributed by atoms with E-state index in [1.807, 2.05) is 18.6 Å². The lowest BCUT2D eigenvalue weighted by Crippen LogP contribution is -2.18. The molecule has 2 N–H and O–H groups in total. The van der Waals surface area contributed by atoms with Gasteiger partial charge in [-0.2, -0.15) is 0 Å². The number of imidazole rings is 1. The molecular formula is C16H21N3. The molecule has 3 heteroatoms. The van der Waals surface area contributed by atoms with Crippen molar-refractivity contribution in [2.75, 3.05) is 0 Å².